The van der Waals surface area contributed by atoms with E-state index in [0.29, 0.717) is 0 Å². The summed E-state index contributed by atoms with van der Waals surface area (Å²) < 4.78 is 2.31. The number of aromatic nitrogens is 2. The quantitative estimate of drug-likeness (QED) is 0.918. The van der Waals surface area contributed by atoms with Crippen molar-refractivity contribution in [2.75, 3.05) is 0 Å². The SMILES string of the molecule is CCn1c(CC2(C)CCC(O)C2)nc2ccccc21. The minimum atomic E-state index is -0.121. The molecule has 3 heteroatoms. The van der Waals surface area contributed by atoms with E-state index in [1.807, 2.05) is 6.07 Å². The summed E-state index contributed by atoms with van der Waals surface area (Å²) in [6.45, 7) is 5.40. The molecule has 1 saturated carbocycles. The zero-order valence-electron chi connectivity index (χ0n) is 11.8. The molecule has 1 fully saturated rings. The molecule has 19 heavy (non-hydrogen) atoms. The maximum absolute atomic E-state index is 9.78. The Morgan fingerprint density at radius 1 is 1.42 bits per heavy atom. The van der Waals surface area contributed by atoms with Crippen LogP contribution in [0.5, 0.6) is 0 Å². The molecule has 0 spiro atoms. The van der Waals surface area contributed by atoms with Crippen LogP contribution in [-0.4, -0.2) is 20.8 Å². The monoisotopic (exact) mass is 258 g/mol. The molecule has 2 atom stereocenters. The zero-order valence-corrected chi connectivity index (χ0v) is 11.8. The Bertz CT molecular complexity index is 589. The van der Waals surface area contributed by atoms with Crippen molar-refractivity contribution in [1.29, 1.82) is 0 Å². The van der Waals surface area contributed by atoms with Crippen molar-refractivity contribution in [3.8, 4) is 0 Å². The van der Waals surface area contributed by atoms with E-state index in [2.05, 4.69) is 36.6 Å². The van der Waals surface area contributed by atoms with Gasteiger partial charge in [0.15, 0.2) is 0 Å². The summed E-state index contributed by atoms with van der Waals surface area (Å²) in [5.41, 5.74) is 2.51. The Morgan fingerprint density at radius 2 is 2.21 bits per heavy atom. The molecule has 0 amide bonds. The molecular formula is C16H22N2O. The standard InChI is InChI=1S/C16H22N2O/c1-3-18-14-7-5-4-6-13(14)17-15(18)11-16(2)9-8-12(19)10-16/h4-7,12,19H,3,8-11H2,1-2H3. The summed E-state index contributed by atoms with van der Waals surface area (Å²) in [7, 11) is 0. The largest absolute Gasteiger partial charge is 0.393 e. The molecule has 2 unspecified atom stereocenters. The van der Waals surface area contributed by atoms with Crippen molar-refractivity contribution >= 4 is 11.0 Å². The van der Waals surface area contributed by atoms with Crippen LogP contribution in [0, 0.1) is 5.41 Å². The number of aliphatic hydroxyl groups is 1. The molecule has 1 aliphatic carbocycles. The fourth-order valence-corrected chi connectivity index (χ4v) is 3.44. The van der Waals surface area contributed by atoms with Gasteiger partial charge in [-0.1, -0.05) is 19.1 Å². The molecule has 1 aromatic heterocycles. The fraction of sp³-hybridized carbons (Fsp3) is 0.562. The minimum absolute atomic E-state index is 0.121. The number of aliphatic hydroxyl groups excluding tert-OH is 1. The Hall–Kier alpha value is -1.35. The van der Waals surface area contributed by atoms with Gasteiger partial charge < -0.3 is 9.67 Å². The van der Waals surface area contributed by atoms with Gasteiger partial charge in [0, 0.05) is 13.0 Å². The summed E-state index contributed by atoms with van der Waals surface area (Å²) >= 11 is 0. The van der Waals surface area contributed by atoms with E-state index in [1.54, 1.807) is 0 Å². The third-order valence-corrected chi connectivity index (χ3v) is 4.44. The molecule has 1 heterocycles. The van der Waals surface area contributed by atoms with Crippen LogP contribution in [-0.2, 0) is 13.0 Å². The zero-order chi connectivity index (χ0) is 13.5. The molecule has 102 valence electrons. The van der Waals surface area contributed by atoms with Gasteiger partial charge in [0.25, 0.3) is 0 Å². The molecule has 0 bridgehead atoms. The van der Waals surface area contributed by atoms with Gasteiger partial charge in [-0.3, -0.25) is 0 Å². The Balaban J connectivity index is 1.96. The van der Waals surface area contributed by atoms with Crippen molar-refractivity contribution in [2.45, 2.75) is 52.2 Å². The first-order chi connectivity index (χ1) is 9.11. The maximum Gasteiger partial charge on any atom is 0.110 e. The summed E-state index contributed by atoms with van der Waals surface area (Å²) in [5.74, 6) is 1.17. The lowest BCUT2D eigenvalue weighted by Crippen LogP contribution is -2.19. The second kappa shape index (κ2) is 4.64. The van der Waals surface area contributed by atoms with Crippen molar-refractivity contribution < 1.29 is 5.11 Å². The number of hydrogen-bond donors (Lipinski definition) is 1. The second-order valence-corrected chi connectivity index (χ2v) is 6.15. The van der Waals surface area contributed by atoms with E-state index < -0.39 is 0 Å². The highest BCUT2D eigenvalue weighted by Gasteiger charge is 2.35. The van der Waals surface area contributed by atoms with Gasteiger partial charge in [-0.15, -0.1) is 0 Å². The van der Waals surface area contributed by atoms with Crippen molar-refractivity contribution in [3.05, 3.63) is 30.1 Å². The van der Waals surface area contributed by atoms with Crippen LogP contribution in [0.3, 0.4) is 0 Å². The highest BCUT2D eigenvalue weighted by Crippen LogP contribution is 2.40. The number of aryl methyl sites for hydroxylation is 1. The van der Waals surface area contributed by atoms with Crippen LogP contribution < -0.4 is 0 Å². The van der Waals surface area contributed by atoms with E-state index in [-0.39, 0.29) is 11.5 Å². The molecule has 3 nitrogen and oxygen atoms in total. The predicted molar refractivity (Wildman–Crippen MR) is 77.1 cm³/mol. The first kappa shape index (κ1) is 12.7. The molecular weight excluding hydrogens is 236 g/mol. The average Bonchev–Trinajstić information content (AvgIpc) is 2.89. The van der Waals surface area contributed by atoms with E-state index >= 15 is 0 Å². The van der Waals surface area contributed by atoms with Gasteiger partial charge in [0.2, 0.25) is 0 Å². The molecule has 2 aromatic rings. The Kier molecular flexibility index (Phi) is 3.09. The number of para-hydroxylation sites is 2. The number of benzene rings is 1. The average molecular weight is 258 g/mol. The topological polar surface area (TPSA) is 38.0 Å². The Morgan fingerprint density at radius 3 is 2.89 bits per heavy atom. The highest BCUT2D eigenvalue weighted by molar-refractivity contribution is 5.75. The third-order valence-electron chi connectivity index (χ3n) is 4.44. The van der Waals surface area contributed by atoms with Gasteiger partial charge >= 0.3 is 0 Å². The molecule has 3 rings (SSSR count). The van der Waals surface area contributed by atoms with E-state index in [1.165, 1.54) is 11.3 Å². The van der Waals surface area contributed by atoms with Gasteiger partial charge in [-0.2, -0.15) is 0 Å². The van der Waals surface area contributed by atoms with Crippen LogP contribution in [0.25, 0.3) is 11.0 Å². The molecule has 0 radical (unpaired) electrons. The minimum Gasteiger partial charge on any atom is -0.393 e. The third kappa shape index (κ3) is 2.27. The summed E-state index contributed by atoms with van der Waals surface area (Å²) in [6, 6.07) is 8.33. The van der Waals surface area contributed by atoms with Crippen LogP contribution >= 0.6 is 0 Å². The van der Waals surface area contributed by atoms with E-state index in [9.17, 15) is 5.11 Å². The first-order valence-electron chi connectivity index (χ1n) is 7.23. The maximum atomic E-state index is 9.78. The van der Waals surface area contributed by atoms with Crippen LogP contribution in [0.1, 0.15) is 38.9 Å². The molecule has 1 aromatic carbocycles. The summed E-state index contributed by atoms with van der Waals surface area (Å²) in [5, 5.41) is 9.78. The fourth-order valence-electron chi connectivity index (χ4n) is 3.44. The molecule has 0 aliphatic heterocycles. The first-order valence-corrected chi connectivity index (χ1v) is 7.23. The number of nitrogens with zero attached hydrogens (tertiary/aromatic N) is 2. The van der Waals surface area contributed by atoms with Crippen molar-refractivity contribution in [3.63, 3.8) is 0 Å². The van der Waals surface area contributed by atoms with Crippen molar-refractivity contribution in [2.24, 2.45) is 5.41 Å². The normalized spacial score (nSPS) is 27.2. The predicted octanol–water partition coefficient (Wildman–Crippen LogP) is 3.15. The Labute approximate surface area is 114 Å². The van der Waals surface area contributed by atoms with Crippen molar-refractivity contribution in [1.82, 2.24) is 9.55 Å². The lowest BCUT2D eigenvalue weighted by atomic mass is 9.84. The molecule has 0 saturated heterocycles. The van der Waals surface area contributed by atoms with Gasteiger partial charge in [0.1, 0.15) is 5.82 Å². The second-order valence-electron chi connectivity index (χ2n) is 6.15. The smallest absolute Gasteiger partial charge is 0.110 e. The highest BCUT2D eigenvalue weighted by atomic mass is 16.3. The summed E-state index contributed by atoms with van der Waals surface area (Å²) in [6.07, 6.45) is 3.78. The molecule has 1 aliphatic rings. The lowest BCUT2D eigenvalue weighted by Gasteiger charge is -2.23. The van der Waals surface area contributed by atoms with E-state index in [0.717, 1.165) is 37.7 Å². The van der Waals surface area contributed by atoms with Gasteiger partial charge in [0.05, 0.1) is 17.1 Å². The van der Waals surface area contributed by atoms with Crippen LogP contribution in [0.15, 0.2) is 24.3 Å². The number of hydrogen-bond acceptors (Lipinski definition) is 2. The molecule has 1 N–H and O–H groups in total. The number of rotatable bonds is 3. The number of imidazole rings is 1. The van der Waals surface area contributed by atoms with E-state index in [4.69, 9.17) is 4.98 Å². The van der Waals surface area contributed by atoms with Gasteiger partial charge in [-0.25, -0.2) is 4.98 Å². The summed E-state index contributed by atoms with van der Waals surface area (Å²) in [4.78, 5) is 4.80. The number of fused-ring (bicyclic) bond motifs is 1. The van der Waals surface area contributed by atoms with Gasteiger partial charge in [-0.05, 0) is 43.7 Å². The lowest BCUT2D eigenvalue weighted by molar-refractivity contribution is 0.162. The van der Waals surface area contributed by atoms with Crippen LogP contribution in [0.2, 0.25) is 0 Å². The van der Waals surface area contributed by atoms with Crippen LogP contribution in [0.4, 0.5) is 0 Å².